The fraction of sp³-hybridized carbons (Fsp3) is 0.556. The zero-order valence-corrected chi connectivity index (χ0v) is 7.76. The normalized spacial score (nSPS) is 22.1. The molecule has 2 heterocycles. The molecule has 0 radical (unpaired) electrons. The quantitative estimate of drug-likeness (QED) is 0.644. The Labute approximate surface area is 81.6 Å². The Morgan fingerprint density at radius 3 is 3.29 bits per heavy atom. The molecule has 0 bridgehead atoms. The number of imidazole rings is 1. The summed E-state index contributed by atoms with van der Waals surface area (Å²) in [5.41, 5.74) is 0.569. The molecule has 2 rings (SSSR count). The molecular formula is C9H12N2O3. The molecule has 1 atom stereocenters. The molecule has 1 aromatic rings. The molecule has 1 saturated heterocycles. The Kier molecular flexibility index (Phi) is 2.90. The summed E-state index contributed by atoms with van der Waals surface area (Å²) in [4.78, 5) is 14.5. The van der Waals surface area contributed by atoms with Gasteiger partial charge in [-0.25, -0.2) is 4.98 Å². The van der Waals surface area contributed by atoms with E-state index in [1.54, 1.807) is 10.9 Å². The summed E-state index contributed by atoms with van der Waals surface area (Å²) >= 11 is 0. The Morgan fingerprint density at radius 2 is 2.57 bits per heavy atom. The van der Waals surface area contributed by atoms with Gasteiger partial charge in [0.25, 0.3) is 0 Å². The van der Waals surface area contributed by atoms with Crippen LogP contribution in [-0.4, -0.2) is 41.8 Å². The highest BCUT2D eigenvalue weighted by Crippen LogP contribution is 2.05. The van der Waals surface area contributed by atoms with Crippen molar-refractivity contribution in [2.75, 3.05) is 19.8 Å². The van der Waals surface area contributed by atoms with Crippen molar-refractivity contribution in [2.24, 2.45) is 0 Å². The Hall–Kier alpha value is -1.20. The van der Waals surface area contributed by atoms with Crippen LogP contribution in [0.2, 0.25) is 0 Å². The van der Waals surface area contributed by atoms with E-state index in [1.807, 2.05) is 0 Å². The minimum atomic E-state index is 0.0247. The third kappa shape index (κ3) is 2.00. The van der Waals surface area contributed by atoms with Gasteiger partial charge in [-0.1, -0.05) is 0 Å². The average molecular weight is 196 g/mol. The zero-order chi connectivity index (χ0) is 9.80. The third-order valence-corrected chi connectivity index (χ3v) is 2.15. The van der Waals surface area contributed by atoms with Gasteiger partial charge < -0.3 is 14.0 Å². The van der Waals surface area contributed by atoms with Crippen LogP contribution in [0.4, 0.5) is 0 Å². The summed E-state index contributed by atoms with van der Waals surface area (Å²) in [5, 5.41) is 0. The lowest BCUT2D eigenvalue weighted by molar-refractivity contribution is -0.0936. The monoisotopic (exact) mass is 196 g/mol. The van der Waals surface area contributed by atoms with Gasteiger partial charge in [0.15, 0.2) is 6.29 Å². The lowest BCUT2D eigenvalue weighted by atomic mass is 10.3. The highest BCUT2D eigenvalue weighted by molar-refractivity contribution is 5.71. The van der Waals surface area contributed by atoms with Gasteiger partial charge in [-0.3, -0.25) is 4.79 Å². The first-order chi connectivity index (χ1) is 6.90. The van der Waals surface area contributed by atoms with E-state index in [2.05, 4.69) is 4.98 Å². The largest absolute Gasteiger partial charge is 0.376 e. The van der Waals surface area contributed by atoms with Crippen LogP contribution in [0.25, 0.3) is 0 Å². The van der Waals surface area contributed by atoms with Crippen LogP contribution < -0.4 is 0 Å². The molecule has 14 heavy (non-hydrogen) atoms. The van der Waals surface area contributed by atoms with Crippen molar-refractivity contribution >= 4 is 6.29 Å². The van der Waals surface area contributed by atoms with Crippen LogP contribution in [0.15, 0.2) is 12.5 Å². The summed E-state index contributed by atoms with van der Waals surface area (Å²) in [5.74, 6) is 0. The lowest BCUT2D eigenvalue weighted by Crippen LogP contribution is -2.32. The van der Waals surface area contributed by atoms with E-state index in [0.717, 1.165) is 6.29 Å². The van der Waals surface area contributed by atoms with E-state index >= 15 is 0 Å². The minimum absolute atomic E-state index is 0.0247. The second-order valence-electron chi connectivity index (χ2n) is 3.16. The van der Waals surface area contributed by atoms with Gasteiger partial charge in [-0.2, -0.15) is 0 Å². The topological polar surface area (TPSA) is 53.4 Å². The maximum absolute atomic E-state index is 10.6. The highest BCUT2D eigenvalue weighted by Gasteiger charge is 2.15. The molecule has 5 nitrogen and oxygen atoms in total. The molecule has 1 unspecified atom stereocenters. The molecule has 1 fully saturated rings. The number of hydrogen-bond donors (Lipinski definition) is 0. The predicted octanol–water partition coefficient (Wildman–Crippen LogP) is 0.111. The molecule has 0 aliphatic carbocycles. The van der Waals surface area contributed by atoms with Crippen LogP contribution in [0.3, 0.4) is 0 Å². The number of ether oxygens (including phenoxy) is 2. The third-order valence-electron chi connectivity index (χ3n) is 2.15. The van der Waals surface area contributed by atoms with Crippen molar-refractivity contribution in [1.29, 1.82) is 0 Å². The summed E-state index contributed by atoms with van der Waals surface area (Å²) in [7, 11) is 0. The van der Waals surface area contributed by atoms with Crippen molar-refractivity contribution < 1.29 is 14.3 Å². The number of aldehydes is 1. The standard InChI is InChI=1S/C9H12N2O3/c12-5-8-3-10-7-11(8)4-9-6-13-1-2-14-9/h3,5,7,9H,1-2,4,6H2. The average Bonchev–Trinajstić information content (AvgIpc) is 2.67. The Bertz CT molecular complexity index is 305. The van der Waals surface area contributed by atoms with Crippen LogP contribution in [-0.2, 0) is 16.0 Å². The first-order valence-electron chi connectivity index (χ1n) is 4.55. The molecular weight excluding hydrogens is 184 g/mol. The second-order valence-corrected chi connectivity index (χ2v) is 3.16. The van der Waals surface area contributed by atoms with Crippen molar-refractivity contribution in [2.45, 2.75) is 12.6 Å². The summed E-state index contributed by atoms with van der Waals surface area (Å²) in [6.07, 6.45) is 3.98. The Morgan fingerprint density at radius 1 is 1.64 bits per heavy atom. The smallest absolute Gasteiger partial charge is 0.168 e. The maximum Gasteiger partial charge on any atom is 0.168 e. The second kappa shape index (κ2) is 4.34. The van der Waals surface area contributed by atoms with E-state index in [-0.39, 0.29) is 6.10 Å². The molecule has 1 aliphatic rings. The number of carbonyl (C=O) groups is 1. The van der Waals surface area contributed by atoms with E-state index < -0.39 is 0 Å². The fourth-order valence-corrected chi connectivity index (χ4v) is 1.44. The molecule has 0 aromatic carbocycles. The van der Waals surface area contributed by atoms with Crippen molar-refractivity contribution in [3.8, 4) is 0 Å². The van der Waals surface area contributed by atoms with E-state index in [1.165, 1.54) is 6.20 Å². The minimum Gasteiger partial charge on any atom is -0.376 e. The molecule has 0 amide bonds. The SMILES string of the molecule is O=Cc1cncn1CC1COCCO1. The molecule has 1 aliphatic heterocycles. The van der Waals surface area contributed by atoms with E-state index in [0.29, 0.717) is 32.1 Å². The van der Waals surface area contributed by atoms with E-state index in [4.69, 9.17) is 9.47 Å². The fourth-order valence-electron chi connectivity index (χ4n) is 1.44. The highest BCUT2D eigenvalue weighted by atomic mass is 16.6. The molecule has 0 saturated carbocycles. The van der Waals surface area contributed by atoms with Crippen LogP contribution in [0.5, 0.6) is 0 Å². The summed E-state index contributed by atoms with van der Waals surface area (Å²) in [6, 6.07) is 0. The number of nitrogens with zero attached hydrogens (tertiary/aromatic N) is 2. The maximum atomic E-state index is 10.6. The summed E-state index contributed by atoms with van der Waals surface area (Å²) in [6.45, 7) is 2.47. The number of hydrogen-bond acceptors (Lipinski definition) is 4. The van der Waals surface area contributed by atoms with Crippen molar-refractivity contribution in [3.63, 3.8) is 0 Å². The Balaban J connectivity index is 1.98. The van der Waals surface area contributed by atoms with Crippen molar-refractivity contribution in [3.05, 3.63) is 18.2 Å². The molecule has 1 aromatic heterocycles. The van der Waals surface area contributed by atoms with Gasteiger partial charge in [0.05, 0.1) is 45.0 Å². The van der Waals surface area contributed by atoms with Gasteiger partial charge >= 0.3 is 0 Å². The number of rotatable bonds is 3. The summed E-state index contributed by atoms with van der Waals surface area (Å²) < 4.78 is 12.5. The van der Waals surface area contributed by atoms with Crippen LogP contribution >= 0.6 is 0 Å². The van der Waals surface area contributed by atoms with Gasteiger partial charge in [0.1, 0.15) is 5.69 Å². The molecule has 76 valence electrons. The number of carbonyl (C=O) groups excluding carboxylic acids is 1. The first kappa shape index (κ1) is 9.36. The first-order valence-corrected chi connectivity index (χ1v) is 4.55. The number of aromatic nitrogens is 2. The zero-order valence-electron chi connectivity index (χ0n) is 7.76. The molecule has 5 heteroatoms. The molecule has 0 spiro atoms. The van der Waals surface area contributed by atoms with E-state index in [9.17, 15) is 4.79 Å². The van der Waals surface area contributed by atoms with Crippen LogP contribution in [0.1, 0.15) is 10.5 Å². The lowest BCUT2D eigenvalue weighted by Gasteiger charge is -2.23. The van der Waals surface area contributed by atoms with Crippen molar-refractivity contribution in [1.82, 2.24) is 9.55 Å². The van der Waals surface area contributed by atoms with Gasteiger partial charge in [-0.15, -0.1) is 0 Å². The van der Waals surface area contributed by atoms with Gasteiger partial charge in [0, 0.05) is 0 Å². The van der Waals surface area contributed by atoms with Gasteiger partial charge in [-0.05, 0) is 0 Å². The molecule has 0 N–H and O–H groups in total. The van der Waals surface area contributed by atoms with Gasteiger partial charge in [0.2, 0.25) is 0 Å². The van der Waals surface area contributed by atoms with Crippen LogP contribution in [0, 0.1) is 0 Å². The predicted molar refractivity (Wildman–Crippen MR) is 48.2 cm³/mol.